The van der Waals surface area contributed by atoms with Crippen molar-refractivity contribution >= 4 is 6.03 Å². The lowest BCUT2D eigenvalue weighted by Gasteiger charge is -2.16. The number of rotatable bonds is 5. The molecule has 5 nitrogen and oxygen atoms in total. The van der Waals surface area contributed by atoms with E-state index in [0.717, 1.165) is 18.2 Å². The molecule has 7 heteroatoms. The van der Waals surface area contributed by atoms with Crippen LogP contribution in [0.1, 0.15) is 5.56 Å². The number of halogens is 2. The SMILES string of the molecule is CO[C@H]1CN(C(=O)NCCc2cc(F)ccc2F)C[C@H]1OC. The van der Waals surface area contributed by atoms with Gasteiger partial charge in [0.1, 0.15) is 23.8 Å². The number of likely N-dealkylation sites (tertiary alicyclic amines) is 1. The van der Waals surface area contributed by atoms with Gasteiger partial charge in [-0.3, -0.25) is 0 Å². The molecular weight excluding hydrogens is 294 g/mol. The summed E-state index contributed by atoms with van der Waals surface area (Å²) in [7, 11) is 3.15. The van der Waals surface area contributed by atoms with E-state index in [1.807, 2.05) is 0 Å². The van der Waals surface area contributed by atoms with E-state index < -0.39 is 11.6 Å². The second-order valence-corrected chi connectivity index (χ2v) is 5.17. The van der Waals surface area contributed by atoms with Crippen LogP contribution >= 0.6 is 0 Å². The predicted octanol–water partition coefficient (Wildman–Crippen LogP) is 1.56. The van der Waals surface area contributed by atoms with Gasteiger partial charge in [0, 0.05) is 20.8 Å². The monoisotopic (exact) mass is 314 g/mol. The van der Waals surface area contributed by atoms with Gasteiger partial charge in [0.05, 0.1) is 13.1 Å². The van der Waals surface area contributed by atoms with Crippen LogP contribution < -0.4 is 5.32 Å². The normalized spacial score (nSPS) is 21.2. The summed E-state index contributed by atoms with van der Waals surface area (Å²) in [5, 5.41) is 2.70. The number of nitrogens with one attached hydrogen (secondary N) is 1. The molecule has 1 aliphatic rings. The lowest BCUT2D eigenvalue weighted by molar-refractivity contribution is -0.00461. The third kappa shape index (κ3) is 3.92. The topological polar surface area (TPSA) is 50.8 Å². The number of carbonyl (C=O) groups excluding carboxylic acids is 1. The van der Waals surface area contributed by atoms with Crippen LogP contribution in [0.5, 0.6) is 0 Å². The van der Waals surface area contributed by atoms with Crippen molar-refractivity contribution in [1.82, 2.24) is 10.2 Å². The zero-order valence-electron chi connectivity index (χ0n) is 12.6. The summed E-state index contributed by atoms with van der Waals surface area (Å²) in [6.07, 6.45) is -0.0854. The third-order valence-electron chi connectivity index (χ3n) is 3.79. The highest BCUT2D eigenvalue weighted by Gasteiger charge is 2.35. The van der Waals surface area contributed by atoms with E-state index >= 15 is 0 Å². The fourth-order valence-corrected chi connectivity index (χ4v) is 2.51. The Labute approximate surface area is 128 Å². The van der Waals surface area contributed by atoms with Gasteiger partial charge in [0.2, 0.25) is 0 Å². The molecule has 22 heavy (non-hydrogen) atoms. The van der Waals surface area contributed by atoms with Crippen LogP contribution in [0.15, 0.2) is 18.2 Å². The van der Waals surface area contributed by atoms with Gasteiger partial charge in [-0.05, 0) is 30.2 Å². The lowest BCUT2D eigenvalue weighted by Crippen LogP contribution is -2.40. The molecule has 0 aliphatic carbocycles. The Morgan fingerprint density at radius 1 is 1.27 bits per heavy atom. The molecule has 122 valence electrons. The molecule has 1 aromatic carbocycles. The Bertz CT molecular complexity index is 516. The summed E-state index contributed by atoms with van der Waals surface area (Å²) in [5.74, 6) is -0.969. The maximum Gasteiger partial charge on any atom is 0.317 e. The summed E-state index contributed by atoms with van der Waals surface area (Å²) in [6.45, 7) is 1.11. The first-order valence-electron chi connectivity index (χ1n) is 7.07. The molecule has 1 aliphatic heterocycles. The van der Waals surface area contributed by atoms with Crippen molar-refractivity contribution in [1.29, 1.82) is 0 Å². The van der Waals surface area contributed by atoms with E-state index in [2.05, 4.69) is 5.32 Å². The predicted molar refractivity (Wildman–Crippen MR) is 76.6 cm³/mol. The molecule has 0 bridgehead atoms. The molecule has 2 atom stereocenters. The van der Waals surface area contributed by atoms with Gasteiger partial charge < -0.3 is 19.7 Å². The molecule has 0 aromatic heterocycles. The Hall–Kier alpha value is -1.73. The van der Waals surface area contributed by atoms with Crippen molar-refractivity contribution in [3.05, 3.63) is 35.4 Å². The van der Waals surface area contributed by atoms with E-state index in [-0.39, 0.29) is 36.8 Å². The molecule has 1 heterocycles. The minimum absolute atomic E-state index is 0.156. The molecule has 1 N–H and O–H groups in total. The Kier molecular flexibility index (Phi) is 5.68. The standard InChI is InChI=1S/C15H20F2N2O3/c1-21-13-8-19(9-14(13)22-2)15(20)18-6-5-10-7-11(16)3-4-12(10)17/h3-4,7,13-14H,5-6,8-9H2,1-2H3,(H,18,20)/t13-,14+. The third-order valence-corrected chi connectivity index (χ3v) is 3.79. The van der Waals surface area contributed by atoms with Crippen LogP contribution in [-0.4, -0.2) is 57.0 Å². The number of urea groups is 1. The van der Waals surface area contributed by atoms with Crippen LogP contribution in [0.2, 0.25) is 0 Å². The second-order valence-electron chi connectivity index (χ2n) is 5.17. The molecular formula is C15H20F2N2O3. The number of benzene rings is 1. The lowest BCUT2D eigenvalue weighted by atomic mass is 10.1. The van der Waals surface area contributed by atoms with Crippen molar-refractivity contribution in [2.75, 3.05) is 33.9 Å². The number of ether oxygens (including phenoxy) is 2. The van der Waals surface area contributed by atoms with Crippen LogP contribution in [-0.2, 0) is 15.9 Å². The Morgan fingerprint density at radius 3 is 2.50 bits per heavy atom. The summed E-state index contributed by atoms with van der Waals surface area (Å²) < 4.78 is 37.0. The van der Waals surface area contributed by atoms with E-state index in [0.29, 0.717) is 13.1 Å². The fourth-order valence-electron chi connectivity index (χ4n) is 2.51. The average Bonchev–Trinajstić information content (AvgIpc) is 2.94. The quantitative estimate of drug-likeness (QED) is 0.897. The van der Waals surface area contributed by atoms with Crippen molar-refractivity contribution in [2.24, 2.45) is 0 Å². The van der Waals surface area contributed by atoms with Gasteiger partial charge >= 0.3 is 6.03 Å². The van der Waals surface area contributed by atoms with Gasteiger partial charge in [-0.15, -0.1) is 0 Å². The first-order chi connectivity index (χ1) is 10.5. The molecule has 0 radical (unpaired) electrons. The highest BCUT2D eigenvalue weighted by atomic mass is 19.1. The number of hydrogen-bond acceptors (Lipinski definition) is 3. The number of hydrogen-bond donors (Lipinski definition) is 1. The maximum absolute atomic E-state index is 13.5. The first kappa shape index (κ1) is 16.6. The minimum Gasteiger partial charge on any atom is -0.377 e. The molecule has 1 aromatic rings. The smallest absolute Gasteiger partial charge is 0.317 e. The molecule has 2 rings (SSSR count). The van der Waals surface area contributed by atoms with Crippen LogP contribution in [0.4, 0.5) is 13.6 Å². The maximum atomic E-state index is 13.5. The Morgan fingerprint density at radius 2 is 1.91 bits per heavy atom. The summed E-state index contributed by atoms with van der Waals surface area (Å²) in [5.41, 5.74) is 0.242. The number of amides is 2. The van der Waals surface area contributed by atoms with E-state index in [9.17, 15) is 13.6 Å². The van der Waals surface area contributed by atoms with Crippen LogP contribution in [0.25, 0.3) is 0 Å². The number of nitrogens with zero attached hydrogens (tertiary/aromatic N) is 1. The number of carbonyl (C=O) groups is 1. The van der Waals surface area contributed by atoms with Gasteiger partial charge in [-0.25, -0.2) is 13.6 Å². The fraction of sp³-hybridized carbons (Fsp3) is 0.533. The zero-order valence-corrected chi connectivity index (χ0v) is 12.6. The number of methoxy groups -OCH3 is 2. The molecule has 1 saturated heterocycles. The zero-order chi connectivity index (χ0) is 16.1. The van der Waals surface area contributed by atoms with Gasteiger partial charge in [-0.1, -0.05) is 0 Å². The molecule has 1 fully saturated rings. The highest BCUT2D eigenvalue weighted by Crippen LogP contribution is 2.15. The molecule has 0 spiro atoms. The summed E-state index contributed by atoms with van der Waals surface area (Å²) in [4.78, 5) is 13.6. The Balaban J connectivity index is 1.82. The summed E-state index contributed by atoms with van der Waals surface area (Å²) in [6, 6.07) is 3.02. The van der Waals surface area contributed by atoms with Crippen molar-refractivity contribution in [2.45, 2.75) is 18.6 Å². The van der Waals surface area contributed by atoms with Crippen molar-refractivity contribution < 1.29 is 23.0 Å². The van der Waals surface area contributed by atoms with Crippen molar-refractivity contribution in [3.63, 3.8) is 0 Å². The molecule has 0 saturated carbocycles. The van der Waals surface area contributed by atoms with E-state index in [1.54, 1.807) is 19.1 Å². The van der Waals surface area contributed by atoms with Gasteiger partial charge in [-0.2, -0.15) is 0 Å². The van der Waals surface area contributed by atoms with Crippen molar-refractivity contribution in [3.8, 4) is 0 Å². The van der Waals surface area contributed by atoms with Gasteiger partial charge in [0.25, 0.3) is 0 Å². The van der Waals surface area contributed by atoms with Gasteiger partial charge in [0.15, 0.2) is 0 Å². The minimum atomic E-state index is -0.492. The summed E-state index contributed by atoms with van der Waals surface area (Å²) >= 11 is 0. The van der Waals surface area contributed by atoms with E-state index in [4.69, 9.17) is 9.47 Å². The average molecular weight is 314 g/mol. The first-order valence-corrected chi connectivity index (χ1v) is 7.07. The van der Waals surface area contributed by atoms with E-state index in [1.165, 1.54) is 0 Å². The molecule has 2 amide bonds. The molecule has 0 unspecified atom stereocenters. The largest absolute Gasteiger partial charge is 0.377 e. The van der Waals surface area contributed by atoms with Crippen LogP contribution in [0, 0.1) is 11.6 Å². The van der Waals surface area contributed by atoms with Crippen LogP contribution in [0.3, 0.4) is 0 Å². The highest BCUT2D eigenvalue weighted by molar-refractivity contribution is 5.74. The second kappa shape index (κ2) is 7.51.